The van der Waals surface area contributed by atoms with Crippen LogP contribution in [-0.2, 0) is 20.8 Å². The van der Waals surface area contributed by atoms with Gasteiger partial charge in [0, 0.05) is 43.1 Å². The first-order valence-corrected chi connectivity index (χ1v) is 13.7. The van der Waals surface area contributed by atoms with Crippen molar-refractivity contribution in [2.75, 3.05) is 18.0 Å². The van der Waals surface area contributed by atoms with E-state index in [2.05, 4.69) is 16.6 Å². The van der Waals surface area contributed by atoms with Crippen LogP contribution in [0.2, 0.25) is 0 Å². The van der Waals surface area contributed by atoms with Gasteiger partial charge in [-0.05, 0) is 61.8 Å². The van der Waals surface area contributed by atoms with Gasteiger partial charge in [-0.3, -0.25) is 34.1 Å². The Kier molecular flexibility index (Phi) is 6.21. The van der Waals surface area contributed by atoms with Crippen LogP contribution in [0, 0.1) is 0 Å². The van der Waals surface area contributed by atoms with Crippen molar-refractivity contribution < 1.29 is 19.2 Å². The number of amides is 4. The minimum atomic E-state index is -0.894. The van der Waals surface area contributed by atoms with Crippen molar-refractivity contribution in [1.82, 2.24) is 20.0 Å². The van der Waals surface area contributed by atoms with Gasteiger partial charge in [0.25, 0.3) is 5.91 Å². The second-order valence-corrected chi connectivity index (χ2v) is 12.1. The predicted octanol–water partition coefficient (Wildman–Crippen LogP) is 3.57. The van der Waals surface area contributed by atoms with E-state index in [1.807, 2.05) is 40.0 Å². The summed E-state index contributed by atoms with van der Waals surface area (Å²) in [6.45, 7) is 4.76. The molecular formula is C29H30ClN5O4. The van der Waals surface area contributed by atoms with Crippen LogP contribution in [0.15, 0.2) is 42.7 Å². The lowest BCUT2D eigenvalue weighted by Gasteiger charge is -2.35. The van der Waals surface area contributed by atoms with Crippen molar-refractivity contribution in [3.05, 3.63) is 59.4 Å². The van der Waals surface area contributed by atoms with Gasteiger partial charge >= 0.3 is 0 Å². The van der Waals surface area contributed by atoms with Gasteiger partial charge in [-0.15, -0.1) is 11.6 Å². The lowest BCUT2D eigenvalue weighted by atomic mass is 9.97. The molecule has 39 heavy (non-hydrogen) atoms. The molecule has 1 unspecified atom stereocenters. The highest BCUT2D eigenvalue weighted by molar-refractivity contribution is 6.34. The van der Waals surface area contributed by atoms with Crippen LogP contribution in [-0.4, -0.2) is 62.3 Å². The smallest absolute Gasteiger partial charge is 0.259 e. The van der Waals surface area contributed by atoms with Gasteiger partial charge in [0.1, 0.15) is 10.9 Å². The summed E-state index contributed by atoms with van der Waals surface area (Å²) in [6.07, 6.45) is 6.75. The molecule has 0 aliphatic carbocycles. The number of alkyl halides is 1. The molecule has 0 spiro atoms. The maximum atomic E-state index is 13.4. The Morgan fingerprint density at radius 2 is 1.87 bits per heavy atom. The molecule has 1 aromatic heterocycles. The summed E-state index contributed by atoms with van der Waals surface area (Å²) in [6, 6.07) is 9.11. The third-order valence-corrected chi connectivity index (χ3v) is 8.19. The number of carbonyl (C=O) groups is 4. The molecule has 3 aromatic rings. The highest BCUT2D eigenvalue weighted by atomic mass is 35.5. The van der Waals surface area contributed by atoms with E-state index < -0.39 is 16.8 Å². The number of hydrogen-bond acceptors (Lipinski definition) is 5. The first kappa shape index (κ1) is 25.6. The molecule has 0 saturated carbocycles. The molecule has 1 atom stereocenters. The summed E-state index contributed by atoms with van der Waals surface area (Å²) in [5.41, 5.74) is 3.41. The normalized spacial score (nSPS) is 20.2. The monoisotopic (exact) mass is 547 g/mol. The number of nitrogens with one attached hydrogen (secondary N) is 1. The molecule has 0 radical (unpaired) electrons. The highest BCUT2D eigenvalue weighted by Crippen LogP contribution is 2.41. The number of likely N-dealkylation sites (tertiary alicyclic amines) is 1. The SMILES string of the molecule is CC(C)(Cl)C(=O)N1CCC(n2cc(Cc3ccc4c5c(cccc35)C(=O)N4C3CCC(=O)NC3=O)cn2)CC1. The third-order valence-electron chi connectivity index (χ3n) is 8.02. The molecule has 10 heteroatoms. The van der Waals surface area contributed by atoms with Crippen LogP contribution >= 0.6 is 11.6 Å². The predicted molar refractivity (Wildman–Crippen MR) is 147 cm³/mol. The van der Waals surface area contributed by atoms with Crippen molar-refractivity contribution in [3.8, 4) is 0 Å². The van der Waals surface area contributed by atoms with Crippen molar-refractivity contribution in [2.45, 2.75) is 62.9 Å². The zero-order valence-corrected chi connectivity index (χ0v) is 22.7. The maximum absolute atomic E-state index is 13.4. The Morgan fingerprint density at radius 1 is 1.10 bits per heavy atom. The van der Waals surface area contributed by atoms with Gasteiger partial charge < -0.3 is 4.90 Å². The molecular weight excluding hydrogens is 518 g/mol. The molecule has 6 rings (SSSR count). The molecule has 202 valence electrons. The van der Waals surface area contributed by atoms with Crippen LogP contribution < -0.4 is 10.2 Å². The van der Waals surface area contributed by atoms with E-state index in [9.17, 15) is 19.2 Å². The fraction of sp³-hybridized carbons (Fsp3) is 0.414. The number of rotatable bonds is 5. The fourth-order valence-electron chi connectivity index (χ4n) is 6.06. The summed E-state index contributed by atoms with van der Waals surface area (Å²) in [4.78, 5) is 52.6. The molecule has 0 bridgehead atoms. The molecule has 2 fully saturated rings. The summed E-state index contributed by atoms with van der Waals surface area (Å²) >= 11 is 6.22. The van der Waals surface area contributed by atoms with E-state index in [1.165, 1.54) is 0 Å². The average molecular weight is 548 g/mol. The van der Waals surface area contributed by atoms with Gasteiger partial charge in [-0.25, -0.2) is 0 Å². The van der Waals surface area contributed by atoms with Gasteiger partial charge in [0.05, 0.1) is 17.9 Å². The van der Waals surface area contributed by atoms with Crippen LogP contribution in [0.3, 0.4) is 0 Å². The summed E-state index contributed by atoms with van der Waals surface area (Å²) in [5, 5.41) is 8.81. The van der Waals surface area contributed by atoms with Crippen molar-refractivity contribution in [3.63, 3.8) is 0 Å². The molecule has 2 aromatic carbocycles. The van der Waals surface area contributed by atoms with E-state index in [1.54, 1.807) is 24.8 Å². The second kappa shape index (κ2) is 9.48. The Labute approximate surface area is 231 Å². The topological polar surface area (TPSA) is 105 Å². The standard InChI is InChI=1S/C29H30ClN5O4/c1-29(2,30)28(39)33-12-10-19(11-13-33)34-16-17(15-31-34)14-18-6-7-22-25-20(18)4-3-5-21(25)27(38)35(22)23-8-9-24(36)32-26(23)37/h3-7,15-16,19,23H,8-14H2,1-2H3,(H,32,36,37). The quantitative estimate of drug-likeness (QED) is 0.388. The largest absolute Gasteiger partial charge is 0.341 e. The minimum Gasteiger partial charge on any atom is -0.341 e. The summed E-state index contributed by atoms with van der Waals surface area (Å²) in [7, 11) is 0. The Balaban J connectivity index is 1.22. The highest BCUT2D eigenvalue weighted by Gasteiger charge is 2.41. The Morgan fingerprint density at radius 3 is 2.59 bits per heavy atom. The lowest BCUT2D eigenvalue weighted by Crippen LogP contribution is -2.53. The zero-order chi connectivity index (χ0) is 27.5. The first-order chi connectivity index (χ1) is 18.6. The van der Waals surface area contributed by atoms with E-state index >= 15 is 0 Å². The van der Waals surface area contributed by atoms with E-state index in [0.29, 0.717) is 37.2 Å². The van der Waals surface area contributed by atoms with Gasteiger partial charge in [0.15, 0.2) is 0 Å². The number of carbonyl (C=O) groups excluding carboxylic acids is 4. The third kappa shape index (κ3) is 4.48. The number of hydrogen-bond donors (Lipinski definition) is 1. The number of piperidine rings is 2. The van der Waals surface area contributed by atoms with E-state index in [-0.39, 0.29) is 30.2 Å². The minimum absolute atomic E-state index is 0.0366. The van der Waals surface area contributed by atoms with Crippen LogP contribution in [0.1, 0.15) is 67.1 Å². The zero-order valence-electron chi connectivity index (χ0n) is 21.9. The summed E-state index contributed by atoms with van der Waals surface area (Å²) < 4.78 is 2.00. The van der Waals surface area contributed by atoms with E-state index in [4.69, 9.17) is 11.6 Å². The molecule has 1 N–H and O–H groups in total. The van der Waals surface area contributed by atoms with E-state index in [0.717, 1.165) is 34.7 Å². The van der Waals surface area contributed by atoms with Crippen LogP contribution in [0.25, 0.3) is 10.8 Å². The van der Waals surface area contributed by atoms with Crippen LogP contribution in [0.5, 0.6) is 0 Å². The maximum Gasteiger partial charge on any atom is 0.259 e. The van der Waals surface area contributed by atoms with Crippen molar-refractivity contribution in [2.24, 2.45) is 0 Å². The number of nitrogens with zero attached hydrogens (tertiary/aromatic N) is 4. The van der Waals surface area contributed by atoms with Gasteiger partial charge in [-0.2, -0.15) is 5.10 Å². The van der Waals surface area contributed by atoms with Gasteiger partial charge in [0.2, 0.25) is 17.7 Å². The number of imide groups is 1. The number of aromatic nitrogens is 2. The molecule has 9 nitrogen and oxygen atoms in total. The molecule has 4 heterocycles. The van der Waals surface area contributed by atoms with Gasteiger partial charge in [-0.1, -0.05) is 18.2 Å². The average Bonchev–Trinajstić information content (AvgIpc) is 3.48. The summed E-state index contributed by atoms with van der Waals surface area (Å²) in [5.74, 6) is -0.985. The molecule has 2 saturated heterocycles. The fourth-order valence-corrected chi connectivity index (χ4v) is 6.18. The van der Waals surface area contributed by atoms with Crippen molar-refractivity contribution >= 4 is 51.7 Å². The Bertz CT molecular complexity index is 1520. The number of anilines is 1. The number of benzene rings is 2. The molecule has 3 aliphatic heterocycles. The molecule has 4 amide bonds. The van der Waals surface area contributed by atoms with Crippen LogP contribution in [0.4, 0.5) is 5.69 Å². The van der Waals surface area contributed by atoms with Crippen molar-refractivity contribution in [1.29, 1.82) is 0 Å². The first-order valence-electron chi connectivity index (χ1n) is 13.3. The second-order valence-electron chi connectivity index (χ2n) is 11.1. The molecule has 3 aliphatic rings. The Hall–Kier alpha value is -3.72. The lowest BCUT2D eigenvalue weighted by molar-refractivity contribution is -0.135. The number of halogens is 1.